The molecule has 0 saturated carbocycles. The van der Waals surface area contributed by atoms with Crippen molar-refractivity contribution >= 4 is 23.3 Å². The molecule has 0 spiro atoms. The molecule has 0 saturated heterocycles. The second kappa shape index (κ2) is 11.5. The summed E-state index contributed by atoms with van der Waals surface area (Å²) in [6.07, 6.45) is 4.86. The van der Waals surface area contributed by atoms with Gasteiger partial charge in [0.05, 0.1) is 11.4 Å². The molecule has 0 fully saturated rings. The van der Waals surface area contributed by atoms with Crippen molar-refractivity contribution in [3.8, 4) is 22.5 Å². The lowest BCUT2D eigenvalue weighted by Crippen LogP contribution is -2.23. The van der Waals surface area contributed by atoms with Crippen LogP contribution in [0.4, 0.5) is 0 Å². The number of aromatic nitrogens is 3. The highest BCUT2D eigenvalue weighted by Gasteiger charge is 2.16. The van der Waals surface area contributed by atoms with Crippen molar-refractivity contribution in [3.63, 3.8) is 0 Å². The minimum absolute atomic E-state index is 0.164. The largest absolute Gasteiger partial charge is 0.348 e. The number of halogens is 1. The van der Waals surface area contributed by atoms with Gasteiger partial charge in [-0.25, -0.2) is 4.98 Å². The first-order chi connectivity index (χ1) is 18.5. The van der Waals surface area contributed by atoms with Crippen LogP contribution < -0.4 is 10.9 Å². The van der Waals surface area contributed by atoms with E-state index < -0.39 is 0 Å². The summed E-state index contributed by atoms with van der Waals surface area (Å²) in [7, 11) is 0. The van der Waals surface area contributed by atoms with Crippen LogP contribution in [0.15, 0.2) is 95.9 Å². The first kappa shape index (κ1) is 25.5. The van der Waals surface area contributed by atoms with Crippen molar-refractivity contribution in [1.29, 1.82) is 0 Å². The number of aryl methyl sites for hydroxylation is 1. The third-order valence-corrected chi connectivity index (χ3v) is 6.81. The Morgan fingerprint density at radius 3 is 2.47 bits per heavy atom. The van der Waals surface area contributed by atoms with Crippen LogP contribution in [0, 0.1) is 0 Å². The maximum Gasteiger partial charge on any atom is 0.259 e. The van der Waals surface area contributed by atoms with Gasteiger partial charge in [-0.3, -0.25) is 14.0 Å². The minimum Gasteiger partial charge on any atom is -0.348 e. The first-order valence-corrected chi connectivity index (χ1v) is 13.2. The van der Waals surface area contributed by atoms with E-state index in [-0.39, 0.29) is 11.5 Å². The molecule has 0 aliphatic rings. The highest BCUT2D eigenvalue weighted by atomic mass is 35.5. The predicted molar refractivity (Wildman–Crippen MR) is 152 cm³/mol. The highest BCUT2D eigenvalue weighted by Crippen LogP contribution is 2.25. The third kappa shape index (κ3) is 5.55. The summed E-state index contributed by atoms with van der Waals surface area (Å²) in [5.74, 6) is 0.412. The van der Waals surface area contributed by atoms with E-state index in [4.69, 9.17) is 16.6 Å². The lowest BCUT2D eigenvalue weighted by molar-refractivity contribution is 0.0951. The predicted octanol–water partition coefficient (Wildman–Crippen LogP) is 6.60. The van der Waals surface area contributed by atoms with Crippen LogP contribution in [-0.2, 0) is 13.1 Å². The highest BCUT2D eigenvalue weighted by molar-refractivity contribution is 6.30. The van der Waals surface area contributed by atoms with Crippen molar-refractivity contribution in [1.82, 2.24) is 19.3 Å². The Bertz CT molecular complexity index is 1620. The zero-order valence-electron chi connectivity index (χ0n) is 21.2. The van der Waals surface area contributed by atoms with Crippen LogP contribution in [0.3, 0.4) is 0 Å². The lowest BCUT2D eigenvalue weighted by Gasteiger charge is -2.15. The monoisotopic (exact) mass is 524 g/mol. The van der Waals surface area contributed by atoms with E-state index in [1.54, 1.807) is 22.7 Å². The second-order valence-electron chi connectivity index (χ2n) is 9.28. The zero-order chi connectivity index (χ0) is 26.5. The van der Waals surface area contributed by atoms with Gasteiger partial charge >= 0.3 is 0 Å². The molecule has 7 heteroatoms. The number of nitrogens with zero attached hydrogens (tertiary/aromatic N) is 3. The molecule has 0 atom stereocenters. The average Bonchev–Trinajstić information content (AvgIpc) is 3.40. The van der Waals surface area contributed by atoms with Crippen LogP contribution in [0.2, 0.25) is 5.02 Å². The van der Waals surface area contributed by atoms with Gasteiger partial charge in [-0.15, -0.1) is 0 Å². The summed E-state index contributed by atoms with van der Waals surface area (Å²) in [5.41, 5.74) is 4.52. The maximum atomic E-state index is 13.2. The fourth-order valence-electron chi connectivity index (χ4n) is 4.53. The van der Waals surface area contributed by atoms with Gasteiger partial charge in [0.2, 0.25) is 5.78 Å². The quantitative estimate of drug-likeness (QED) is 0.221. The van der Waals surface area contributed by atoms with Crippen molar-refractivity contribution in [3.05, 3.63) is 118 Å². The number of hydrogen-bond donors (Lipinski definition) is 1. The molecule has 1 amide bonds. The standard InChI is InChI=1S/C31H29ClN4O2/c1-2-3-7-17-35-28(19-29(37)36-21-27(34-31(35)36)23-13-15-26(32)16-14-23)24-11-8-12-25(18-24)30(38)33-20-22-9-5-4-6-10-22/h4-6,8-16,18-19,21H,2-3,7,17,20H2,1H3,(H,33,38). The van der Waals surface area contributed by atoms with Crippen molar-refractivity contribution < 1.29 is 4.79 Å². The van der Waals surface area contributed by atoms with Gasteiger partial charge in [0.25, 0.3) is 11.5 Å². The van der Waals surface area contributed by atoms with Gasteiger partial charge in [-0.1, -0.05) is 86.0 Å². The van der Waals surface area contributed by atoms with Crippen molar-refractivity contribution in [2.75, 3.05) is 0 Å². The smallest absolute Gasteiger partial charge is 0.259 e. The molecule has 0 radical (unpaired) electrons. The van der Waals surface area contributed by atoms with Crippen LogP contribution >= 0.6 is 11.6 Å². The molecule has 1 N–H and O–H groups in total. The van der Waals surface area contributed by atoms with Crippen molar-refractivity contribution in [2.45, 2.75) is 39.3 Å². The van der Waals surface area contributed by atoms with E-state index in [1.807, 2.05) is 72.8 Å². The summed E-state index contributed by atoms with van der Waals surface area (Å²) >= 11 is 6.07. The van der Waals surface area contributed by atoms with Crippen LogP contribution in [0.5, 0.6) is 0 Å². The fraction of sp³-hybridized carbons (Fsp3) is 0.194. The van der Waals surface area contributed by atoms with Gasteiger partial charge in [0.1, 0.15) is 0 Å². The molecule has 38 heavy (non-hydrogen) atoms. The van der Waals surface area contributed by atoms with E-state index in [0.29, 0.717) is 35.1 Å². The van der Waals surface area contributed by atoms with Gasteiger partial charge in [0.15, 0.2) is 0 Å². The maximum absolute atomic E-state index is 13.2. The molecule has 0 aliphatic carbocycles. The molecular weight excluding hydrogens is 496 g/mol. The zero-order valence-corrected chi connectivity index (χ0v) is 22.0. The SMILES string of the molecule is CCCCCn1c(-c2cccc(C(=O)NCc3ccccc3)c2)cc(=O)n2cc(-c3ccc(Cl)cc3)nc12. The summed E-state index contributed by atoms with van der Waals surface area (Å²) in [4.78, 5) is 31.1. The van der Waals surface area contributed by atoms with Crippen LogP contribution in [-0.4, -0.2) is 19.9 Å². The molecule has 3 aromatic carbocycles. The van der Waals surface area contributed by atoms with Gasteiger partial charge in [0, 0.05) is 41.5 Å². The molecule has 2 heterocycles. The van der Waals surface area contributed by atoms with E-state index in [2.05, 4.69) is 16.8 Å². The third-order valence-electron chi connectivity index (χ3n) is 6.56. The Balaban J connectivity index is 1.53. The number of carbonyl (C=O) groups excluding carboxylic acids is 1. The number of rotatable bonds is 9. The number of carbonyl (C=O) groups is 1. The molecule has 6 nitrogen and oxygen atoms in total. The number of unbranched alkanes of at least 4 members (excludes halogenated alkanes) is 2. The van der Waals surface area contributed by atoms with E-state index >= 15 is 0 Å². The Morgan fingerprint density at radius 1 is 0.921 bits per heavy atom. The van der Waals surface area contributed by atoms with Crippen LogP contribution in [0.1, 0.15) is 42.1 Å². The summed E-state index contributed by atoms with van der Waals surface area (Å²) in [6.45, 7) is 3.31. The molecule has 5 rings (SSSR count). The Labute approximate surface area is 226 Å². The number of benzene rings is 3. The van der Waals surface area contributed by atoms with Gasteiger partial charge in [-0.2, -0.15) is 0 Å². The first-order valence-electron chi connectivity index (χ1n) is 12.8. The number of imidazole rings is 1. The molecule has 5 aromatic rings. The summed E-state index contributed by atoms with van der Waals surface area (Å²) in [5, 5.41) is 3.63. The summed E-state index contributed by atoms with van der Waals surface area (Å²) < 4.78 is 3.67. The van der Waals surface area contributed by atoms with Crippen molar-refractivity contribution in [2.24, 2.45) is 0 Å². The van der Waals surface area contributed by atoms with Crippen LogP contribution in [0.25, 0.3) is 28.3 Å². The molecule has 0 aliphatic heterocycles. The minimum atomic E-state index is -0.173. The van der Waals surface area contributed by atoms with Gasteiger partial charge in [-0.05, 0) is 41.8 Å². The number of amides is 1. The summed E-state index contributed by atoms with van der Waals surface area (Å²) in [6, 6.07) is 26.3. The molecule has 0 unspecified atom stereocenters. The number of nitrogens with one attached hydrogen (secondary N) is 1. The fourth-order valence-corrected chi connectivity index (χ4v) is 4.66. The molecule has 2 aromatic heterocycles. The number of hydrogen-bond acceptors (Lipinski definition) is 3. The van der Waals surface area contributed by atoms with E-state index in [1.165, 1.54) is 0 Å². The van der Waals surface area contributed by atoms with Gasteiger partial charge < -0.3 is 9.88 Å². The molecule has 192 valence electrons. The topological polar surface area (TPSA) is 68.4 Å². The Morgan fingerprint density at radius 2 is 1.71 bits per heavy atom. The average molecular weight is 525 g/mol. The van der Waals surface area contributed by atoms with E-state index in [9.17, 15) is 9.59 Å². The van der Waals surface area contributed by atoms with E-state index in [0.717, 1.165) is 41.6 Å². The molecule has 0 bridgehead atoms. The normalized spacial score (nSPS) is 11.1. The Hall–Kier alpha value is -4.16. The second-order valence-corrected chi connectivity index (χ2v) is 9.72. The molecular formula is C31H29ClN4O2. The lowest BCUT2D eigenvalue weighted by atomic mass is 10.1. The number of fused-ring (bicyclic) bond motifs is 1. The Kier molecular flexibility index (Phi) is 7.70.